The van der Waals surface area contributed by atoms with E-state index in [9.17, 15) is 4.79 Å². The summed E-state index contributed by atoms with van der Waals surface area (Å²) in [5.41, 5.74) is 2.48. The van der Waals surface area contributed by atoms with Gasteiger partial charge in [-0.05, 0) is 29.9 Å². The highest BCUT2D eigenvalue weighted by Gasteiger charge is 2.34. The van der Waals surface area contributed by atoms with Gasteiger partial charge in [-0.1, -0.05) is 38.1 Å². The van der Waals surface area contributed by atoms with Gasteiger partial charge in [0, 0.05) is 24.4 Å². The molecule has 1 aromatic rings. The van der Waals surface area contributed by atoms with Crippen LogP contribution >= 0.6 is 0 Å². The number of piperidine rings is 1. The van der Waals surface area contributed by atoms with E-state index in [0.29, 0.717) is 30.2 Å². The fraction of sp³-hybridized carbons (Fsp3) is 0.611. The summed E-state index contributed by atoms with van der Waals surface area (Å²) in [5, 5.41) is 3.54. The van der Waals surface area contributed by atoms with Crippen molar-refractivity contribution in [3.63, 3.8) is 0 Å². The molecule has 2 fully saturated rings. The molecule has 2 heterocycles. The Kier molecular flexibility index (Phi) is 4.41. The number of hydrogen-bond acceptors (Lipinski definition) is 3. The van der Waals surface area contributed by atoms with Crippen LogP contribution in [0.5, 0.6) is 0 Å². The van der Waals surface area contributed by atoms with Crippen LogP contribution in [0.1, 0.15) is 43.7 Å². The minimum atomic E-state index is 0.204. The minimum absolute atomic E-state index is 0.204. The zero-order valence-corrected chi connectivity index (χ0v) is 13.0. The van der Waals surface area contributed by atoms with Crippen molar-refractivity contribution < 1.29 is 9.53 Å². The first-order chi connectivity index (χ1) is 10.1. The Balaban J connectivity index is 1.60. The van der Waals surface area contributed by atoms with Crippen LogP contribution in [-0.4, -0.2) is 31.1 Å². The van der Waals surface area contributed by atoms with Crippen LogP contribution in [0.2, 0.25) is 0 Å². The summed E-state index contributed by atoms with van der Waals surface area (Å²) in [5.74, 6) is 1.14. The molecule has 1 N–H and O–H groups in total. The van der Waals surface area contributed by atoms with Crippen molar-refractivity contribution in [3.8, 4) is 0 Å². The second-order valence-corrected chi connectivity index (χ2v) is 6.81. The van der Waals surface area contributed by atoms with Gasteiger partial charge in [-0.2, -0.15) is 0 Å². The van der Waals surface area contributed by atoms with E-state index >= 15 is 0 Å². The molecule has 2 bridgehead atoms. The number of ketones is 1. The van der Waals surface area contributed by atoms with Gasteiger partial charge in [-0.25, -0.2) is 0 Å². The zero-order chi connectivity index (χ0) is 14.8. The lowest BCUT2D eigenvalue weighted by Crippen LogP contribution is -2.55. The normalized spacial score (nSPS) is 28.6. The summed E-state index contributed by atoms with van der Waals surface area (Å²) in [6.07, 6.45) is 2.43. The fourth-order valence-electron chi connectivity index (χ4n) is 3.47. The van der Waals surface area contributed by atoms with Crippen LogP contribution in [0.25, 0.3) is 0 Å². The van der Waals surface area contributed by atoms with Crippen LogP contribution in [0.15, 0.2) is 24.3 Å². The van der Waals surface area contributed by atoms with Crippen LogP contribution < -0.4 is 5.32 Å². The molecule has 0 spiro atoms. The number of hydrogen-bond donors (Lipinski definition) is 1. The van der Waals surface area contributed by atoms with E-state index in [0.717, 1.165) is 31.6 Å². The third kappa shape index (κ3) is 3.53. The van der Waals surface area contributed by atoms with Crippen molar-refractivity contribution in [2.24, 2.45) is 5.92 Å². The van der Waals surface area contributed by atoms with E-state index in [1.54, 1.807) is 0 Å². The standard InChI is InChI=1S/C18H25NO2/c1-12(2)14-5-3-13(4-6-14)7-18(20)15-8-16-10-21-11-17(9-15)19-16/h3-6,12,15-17,19H,7-11H2,1-2H3. The maximum Gasteiger partial charge on any atom is 0.140 e. The Labute approximate surface area is 127 Å². The van der Waals surface area contributed by atoms with Gasteiger partial charge in [-0.15, -0.1) is 0 Å². The first-order valence-electron chi connectivity index (χ1n) is 8.07. The van der Waals surface area contributed by atoms with Crippen molar-refractivity contribution in [1.82, 2.24) is 5.32 Å². The highest BCUT2D eigenvalue weighted by molar-refractivity contribution is 5.83. The summed E-state index contributed by atoms with van der Waals surface area (Å²) >= 11 is 0. The van der Waals surface area contributed by atoms with Crippen LogP contribution in [-0.2, 0) is 16.0 Å². The number of morpholine rings is 1. The molecule has 2 saturated heterocycles. The van der Waals surface area contributed by atoms with Gasteiger partial charge in [-0.3, -0.25) is 4.79 Å². The second kappa shape index (κ2) is 6.29. The van der Waals surface area contributed by atoms with Crippen molar-refractivity contribution in [2.75, 3.05) is 13.2 Å². The number of fused-ring (bicyclic) bond motifs is 2. The largest absolute Gasteiger partial charge is 0.378 e. The van der Waals surface area contributed by atoms with E-state index in [4.69, 9.17) is 4.74 Å². The van der Waals surface area contributed by atoms with E-state index < -0.39 is 0 Å². The average molecular weight is 287 g/mol. The van der Waals surface area contributed by atoms with Crippen LogP contribution in [0.3, 0.4) is 0 Å². The Bertz CT molecular complexity index is 482. The van der Waals surface area contributed by atoms with E-state index in [-0.39, 0.29) is 5.92 Å². The van der Waals surface area contributed by atoms with Gasteiger partial charge in [0.2, 0.25) is 0 Å². The molecular weight excluding hydrogens is 262 g/mol. The Morgan fingerprint density at radius 1 is 1.19 bits per heavy atom. The average Bonchev–Trinajstić information content (AvgIpc) is 2.47. The van der Waals surface area contributed by atoms with E-state index in [1.807, 2.05) is 0 Å². The molecule has 0 radical (unpaired) electrons. The number of carbonyl (C=O) groups is 1. The van der Waals surface area contributed by atoms with Gasteiger partial charge in [0.25, 0.3) is 0 Å². The number of carbonyl (C=O) groups excluding carboxylic acids is 1. The first-order valence-corrected chi connectivity index (χ1v) is 8.07. The molecule has 3 rings (SSSR count). The van der Waals surface area contributed by atoms with Crippen LogP contribution in [0, 0.1) is 5.92 Å². The third-order valence-corrected chi connectivity index (χ3v) is 4.73. The third-order valence-electron chi connectivity index (χ3n) is 4.73. The molecular formula is C18H25NO2. The number of ether oxygens (including phenoxy) is 1. The predicted octanol–water partition coefficient (Wildman–Crippen LogP) is 2.69. The molecule has 21 heavy (non-hydrogen) atoms. The lowest BCUT2D eigenvalue weighted by atomic mass is 9.82. The minimum Gasteiger partial charge on any atom is -0.378 e. The molecule has 2 atom stereocenters. The highest BCUT2D eigenvalue weighted by atomic mass is 16.5. The number of nitrogens with one attached hydrogen (secondary N) is 1. The SMILES string of the molecule is CC(C)c1ccc(CC(=O)C2CC3COCC(C2)N3)cc1. The molecule has 0 aromatic heterocycles. The van der Waals surface area contributed by atoms with Crippen molar-refractivity contribution in [1.29, 1.82) is 0 Å². The van der Waals surface area contributed by atoms with E-state index in [1.165, 1.54) is 5.56 Å². The van der Waals surface area contributed by atoms with Gasteiger partial charge >= 0.3 is 0 Å². The molecule has 3 heteroatoms. The zero-order valence-electron chi connectivity index (χ0n) is 13.0. The van der Waals surface area contributed by atoms with Crippen LogP contribution in [0.4, 0.5) is 0 Å². The number of benzene rings is 1. The fourth-order valence-corrected chi connectivity index (χ4v) is 3.47. The van der Waals surface area contributed by atoms with E-state index in [2.05, 4.69) is 43.4 Å². The molecule has 3 nitrogen and oxygen atoms in total. The van der Waals surface area contributed by atoms with Crippen molar-refractivity contribution in [2.45, 2.75) is 51.1 Å². The Hall–Kier alpha value is -1.19. The number of rotatable bonds is 4. The van der Waals surface area contributed by atoms with Crippen molar-refractivity contribution in [3.05, 3.63) is 35.4 Å². The Morgan fingerprint density at radius 3 is 2.38 bits per heavy atom. The monoisotopic (exact) mass is 287 g/mol. The summed E-state index contributed by atoms with van der Waals surface area (Å²) in [7, 11) is 0. The Morgan fingerprint density at radius 2 is 1.81 bits per heavy atom. The molecule has 2 aliphatic heterocycles. The van der Waals surface area contributed by atoms with Gasteiger partial charge < -0.3 is 10.1 Å². The number of Topliss-reactive ketones (excluding diaryl/α,β-unsaturated/α-hetero) is 1. The van der Waals surface area contributed by atoms with Gasteiger partial charge in [0.05, 0.1) is 13.2 Å². The molecule has 0 aliphatic carbocycles. The predicted molar refractivity (Wildman–Crippen MR) is 83.5 cm³/mol. The summed E-state index contributed by atoms with van der Waals surface area (Å²) in [6.45, 7) is 5.89. The second-order valence-electron chi connectivity index (χ2n) is 6.81. The summed E-state index contributed by atoms with van der Waals surface area (Å²) in [4.78, 5) is 12.5. The summed E-state index contributed by atoms with van der Waals surface area (Å²) < 4.78 is 5.54. The topological polar surface area (TPSA) is 38.3 Å². The molecule has 1 aromatic carbocycles. The van der Waals surface area contributed by atoms with Gasteiger partial charge in [0.15, 0.2) is 0 Å². The first kappa shape index (κ1) is 14.7. The summed E-state index contributed by atoms with van der Waals surface area (Å²) in [6, 6.07) is 9.26. The van der Waals surface area contributed by atoms with Gasteiger partial charge in [0.1, 0.15) is 5.78 Å². The molecule has 2 unspecified atom stereocenters. The quantitative estimate of drug-likeness (QED) is 0.925. The smallest absolute Gasteiger partial charge is 0.140 e. The molecule has 0 amide bonds. The van der Waals surface area contributed by atoms with Crippen molar-refractivity contribution >= 4 is 5.78 Å². The highest BCUT2D eigenvalue weighted by Crippen LogP contribution is 2.26. The lowest BCUT2D eigenvalue weighted by molar-refractivity contribution is -0.125. The lowest BCUT2D eigenvalue weighted by Gasteiger charge is -2.39. The maximum absolute atomic E-state index is 12.5. The molecule has 2 aliphatic rings. The molecule has 0 saturated carbocycles. The molecule has 114 valence electrons. The maximum atomic E-state index is 12.5.